The van der Waals surface area contributed by atoms with E-state index in [1.165, 1.54) is 10.8 Å². The zero-order chi connectivity index (χ0) is 72.0. The molecule has 26 heteroatoms. The van der Waals surface area contributed by atoms with Gasteiger partial charge >= 0.3 is 30.3 Å². The van der Waals surface area contributed by atoms with Crippen molar-refractivity contribution in [3.63, 3.8) is 0 Å². The van der Waals surface area contributed by atoms with E-state index in [-0.39, 0.29) is 63.7 Å². The molecule has 0 bridgehead atoms. The van der Waals surface area contributed by atoms with Crippen LogP contribution in [0, 0.1) is 0 Å². The maximum absolute atomic E-state index is 15.4. The van der Waals surface area contributed by atoms with Gasteiger partial charge in [0.1, 0.15) is 65.5 Å². The Morgan fingerprint density at radius 3 is 1.69 bits per heavy atom. The molecule has 7 atom stereocenters. The zero-order valence-corrected chi connectivity index (χ0v) is 57.4. The number of nitrogens with two attached hydrogens (primary N) is 1. The third-order valence-corrected chi connectivity index (χ3v) is 15.4. The Labute approximate surface area is 576 Å². The lowest BCUT2D eigenvalue weighted by molar-refractivity contribution is -0.143. The van der Waals surface area contributed by atoms with Crippen LogP contribution in [0.1, 0.15) is 122 Å². The molecule has 5 aromatic carbocycles. The van der Waals surface area contributed by atoms with Gasteiger partial charge in [0.15, 0.2) is 0 Å². The van der Waals surface area contributed by atoms with E-state index in [9.17, 15) is 38.7 Å². The van der Waals surface area contributed by atoms with Gasteiger partial charge in [0.25, 0.3) is 0 Å². The molecule has 8 amide bonds. The van der Waals surface area contributed by atoms with Crippen molar-refractivity contribution < 1.29 is 76.7 Å². The molecule has 1 aliphatic rings. The first-order chi connectivity index (χ1) is 46.9. The second kappa shape index (κ2) is 35.1. The molecule has 1 aliphatic heterocycles. The van der Waals surface area contributed by atoms with Gasteiger partial charge in [-0.3, -0.25) is 28.5 Å². The van der Waals surface area contributed by atoms with Gasteiger partial charge in [0.2, 0.25) is 29.5 Å². The number of alkyl carbamates (subject to hydrolysis) is 3. The number of aliphatic carboxylic acids is 1. The van der Waals surface area contributed by atoms with Crippen LogP contribution in [0.4, 0.5) is 19.2 Å². The Morgan fingerprint density at radius 1 is 0.545 bits per heavy atom. The number of aromatic nitrogens is 1. The molecule has 7 unspecified atom stereocenters. The molecule has 1 saturated heterocycles. The molecule has 0 spiro atoms. The van der Waals surface area contributed by atoms with Gasteiger partial charge in [-0.1, -0.05) is 121 Å². The van der Waals surface area contributed by atoms with Crippen LogP contribution in [0.25, 0.3) is 10.9 Å². The van der Waals surface area contributed by atoms with Crippen molar-refractivity contribution in [3.8, 4) is 5.75 Å². The van der Waals surface area contributed by atoms with Crippen LogP contribution in [0.5, 0.6) is 5.75 Å². The summed E-state index contributed by atoms with van der Waals surface area (Å²) in [6, 6.07) is 31.4. The fourth-order valence-electron chi connectivity index (χ4n) is 10.8. The minimum absolute atomic E-state index is 0.0561. The number of benzene rings is 5. The second-order valence-corrected chi connectivity index (χ2v) is 27.1. The van der Waals surface area contributed by atoms with Crippen molar-refractivity contribution in [2.75, 3.05) is 26.2 Å². The largest absolute Gasteiger partial charge is 0.489 e. The van der Waals surface area contributed by atoms with Crippen molar-refractivity contribution in [3.05, 3.63) is 174 Å². The van der Waals surface area contributed by atoms with E-state index in [1.54, 1.807) is 172 Å². The lowest BCUT2D eigenvalue weighted by Gasteiger charge is -2.30. The highest BCUT2D eigenvalue weighted by molar-refractivity contribution is 5.98. The molecule has 0 saturated carbocycles. The minimum Gasteiger partial charge on any atom is -0.489 e. The molecule has 99 heavy (non-hydrogen) atoms. The van der Waals surface area contributed by atoms with Crippen LogP contribution in [-0.2, 0) is 73.6 Å². The number of para-hydroxylation sites is 1. The molecular formula is C73H92N10O16. The number of carbonyl (C=O) groups excluding carboxylic acids is 9. The minimum atomic E-state index is -1.65. The molecule has 7 rings (SSSR count). The van der Waals surface area contributed by atoms with Crippen LogP contribution in [0.3, 0.4) is 0 Å². The van der Waals surface area contributed by atoms with E-state index in [1.807, 2.05) is 30.3 Å². The van der Waals surface area contributed by atoms with E-state index in [4.69, 9.17) is 29.4 Å². The van der Waals surface area contributed by atoms with Crippen molar-refractivity contribution in [2.24, 2.45) is 5.73 Å². The second-order valence-electron chi connectivity index (χ2n) is 27.1. The molecule has 0 aliphatic carbocycles. The summed E-state index contributed by atoms with van der Waals surface area (Å²) in [5, 5.41) is 29.7. The average Bonchev–Trinajstić information content (AvgIpc) is 1.66. The van der Waals surface area contributed by atoms with Crippen molar-refractivity contribution in [2.45, 2.75) is 173 Å². The van der Waals surface area contributed by atoms with Gasteiger partial charge in [-0.25, -0.2) is 24.0 Å². The summed E-state index contributed by atoms with van der Waals surface area (Å²) in [5.41, 5.74) is 7.41. The Kier molecular flexibility index (Phi) is 26.9. The Balaban J connectivity index is 1.17. The first kappa shape index (κ1) is 75.9. The topological polar surface area (TPSA) is 355 Å². The average molecular weight is 1370 g/mol. The number of nitrogens with one attached hydrogen (secondary N) is 7. The highest BCUT2D eigenvalue weighted by Gasteiger charge is 2.45. The maximum Gasteiger partial charge on any atom is 0.419 e. The van der Waals surface area contributed by atoms with Crippen molar-refractivity contribution in [1.29, 1.82) is 0 Å². The number of amides is 8. The predicted octanol–water partition coefficient (Wildman–Crippen LogP) is 7.67. The van der Waals surface area contributed by atoms with Crippen LogP contribution in [0.2, 0.25) is 0 Å². The van der Waals surface area contributed by atoms with Gasteiger partial charge in [0, 0.05) is 50.5 Å². The van der Waals surface area contributed by atoms with Crippen LogP contribution >= 0.6 is 0 Å². The van der Waals surface area contributed by atoms with Gasteiger partial charge < -0.3 is 76.6 Å². The van der Waals surface area contributed by atoms with Gasteiger partial charge in [-0.15, -0.1) is 0 Å². The summed E-state index contributed by atoms with van der Waals surface area (Å²) in [4.78, 5) is 141. The number of likely N-dealkylation sites (tertiary alicyclic amines) is 1. The van der Waals surface area contributed by atoms with Crippen LogP contribution in [-0.4, -0.2) is 154 Å². The van der Waals surface area contributed by atoms with Crippen LogP contribution < -0.4 is 47.7 Å². The van der Waals surface area contributed by atoms with Crippen molar-refractivity contribution in [1.82, 2.24) is 46.7 Å². The lowest BCUT2D eigenvalue weighted by atomic mass is 10.0. The number of hydrogen-bond acceptors (Lipinski definition) is 16. The highest BCUT2D eigenvalue weighted by Crippen LogP contribution is 2.28. The summed E-state index contributed by atoms with van der Waals surface area (Å²) in [6.45, 7) is 15.2. The van der Waals surface area contributed by atoms with E-state index in [0.717, 1.165) is 10.5 Å². The highest BCUT2D eigenvalue weighted by atomic mass is 16.6. The number of carboxylic acid groups (broad SMARTS) is 1. The molecule has 2 heterocycles. The van der Waals surface area contributed by atoms with Crippen LogP contribution in [0.15, 0.2) is 146 Å². The maximum atomic E-state index is 15.4. The van der Waals surface area contributed by atoms with E-state index in [0.29, 0.717) is 46.4 Å². The summed E-state index contributed by atoms with van der Waals surface area (Å²) in [6.07, 6.45) is -3.08. The van der Waals surface area contributed by atoms with Gasteiger partial charge in [-0.05, 0) is 134 Å². The first-order valence-corrected chi connectivity index (χ1v) is 32.9. The molecule has 530 valence electrons. The fraction of sp³-hybridized carbons (Fsp3) is 0.425. The molecule has 26 nitrogen and oxygen atoms in total. The van der Waals surface area contributed by atoms with Crippen molar-refractivity contribution >= 4 is 70.8 Å². The standard InChI is InChI=1S/C73H92N10O16/c1-71(2,3)97-68(92)75-36-22-21-30-55(66(89)90)78-62(85)56(41-50-43-83(70(94)99-73(7,8)9)58-31-20-19-29-53(50)58)79-64(87)60(49-27-17-12-18-28-49)81-63(86)59-42-52(96-67(91)76-37-38-77-69(93)98-72(4,5)6)44-82(59)65(88)57(40-46-23-13-10-14-24-46)80-61(84)54(74)39-47-32-34-51(35-33-47)95-45-48-25-15-11-16-26-48/h10-20,23-29,31-35,43,52,54-57,59-60H,21-22,30,36-42,44-45,74H2,1-9H3,(H,75,92)(H,76,91)(H,77,93)(H,78,85)(H,79,87)(H,80,84)(H,81,86)(H,89,90). The molecule has 0 radical (unpaired) electrons. The molecular weight excluding hydrogens is 1270 g/mol. The monoisotopic (exact) mass is 1360 g/mol. The van der Waals surface area contributed by atoms with E-state index >= 15 is 14.4 Å². The number of fused-ring (bicyclic) bond motifs is 1. The van der Waals surface area contributed by atoms with E-state index in [2.05, 4.69) is 37.2 Å². The molecule has 1 aromatic heterocycles. The third-order valence-electron chi connectivity index (χ3n) is 15.4. The molecule has 6 aromatic rings. The Hall–Kier alpha value is -10.5. The smallest absolute Gasteiger partial charge is 0.419 e. The fourth-order valence-corrected chi connectivity index (χ4v) is 10.8. The summed E-state index contributed by atoms with van der Waals surface area (Å²) < 4.78 is 29.4. The van der Waals surface area contributed by atoms with Gasteiger partial charge in [-0.2, -0.15) is 0 Å². The lowest BCUT2D eigenvalue weighted by Crippen LogP contribution is -2.58. The number of carboxylic acids is 1. The predicted molar refractivity (Wildman–Crippen MR) is 368 cm³/mol. The van der Waals surface area contributed by atoms with Gasteiger partial charge in [0.05, 0.1) is 18.1 Å². The number of rotatable bonds is 29. The Bertz CT molecular complexity index is 3740. The number of unbranched alkanes of at least 4 members (excludes halogenated alkanes) is 1. The normalized spacial score (nSPS) is 15.3. The zero-order valence-electron chi connectivity index (χ0n) is 57.4. The number of hydrogen-bond donors (Lipinski definition) is 9. The third kappa shape index (κ3) is 24.5. The Morgan fingerprint density at radius 2 is 1.08 bits per heavy atom. The summed E-state index contributed by atoms with van der Waals surface area (Å²) in [7, 11) is 0. The quantitative estimate of drug-likeness (QED) is 0.0161. The molecule has 1 fully saturated rings. The number of nitrogens with zero attached hydrogens (tertiary/aromatic N) is 2. The summed E-state index contributed by atoms with van der Waals surface area (Å²) in [5.74, 6) is -5.11. The van der Waals surface area contributed by atoms with E-state index < -0.39 is 126 Å². The molecule has 10 N–H and O–H groups in total. The number of carbonyl (C=O) groups is 10. The summed E-state index contributed by atoms with van der Waals surface area (Å²) >= 11 is 0. The SMILES string of the molecule is CC(C)(C)OC(=O)NCCCCC(NC(=O)C(Cc1cn(C(=O)OC(C)(C)C)c2ccccc12)NC(=O)C(NC(=O)C1CC(OC(=O)NCCNC(=O)OC(C)(C)C)CN1C(=O)C(Cc1ccccc1)NC(=O)C(N)Cc1ccc(OCc2ccccc2)cc1)c1ccccc1)C(=O)O. The number of ether oxygens (including phenoxy) is 5. The first-order valence-electron chi connectivity index (χ1n) is 32.9.